The predicted molar refractivity (Wildman–Crippen MR) is 66.2 cm³/mol. The number of aliphatic hydroxyl groups is 1. The van der Waals surface area contributed by atoms with Crippen LogP contribution in [0.2, 0.25) is 0 Å². The molecule has 3 heteroatoms. The van der Waals surface area contributed by atoms with Crippen LogP contribution in [0.1, 0.15) is 18.9 Å². The summed E-state index contributed by atoms with van der Waals surface area (Å²) in [6, 6.07) is 7.98. The maximum Gasteiger partial charge on any atom is 0.129 e. The van der Waals surface area contributed by atoms with E-state index in [1.165, 1.54) is 5.56 Å². The second-order valence-corrected chi connectivity index (χ2v) is 4.72. The molecule has 1 aliphatic rings. The summed E-state index contributed by atoms with van der Waals surface area (Å²) in [5.41, 5.74) is 1.19. The molecule has 3 unspecified atom stereocenters. The fraction of sp³-hybridized carbons (Fsp3) is 0.571. The van der Waals surface area contributed by atoms with Crippen molar-refractivity contribution in [1.82, 2.24) is 0 Å². The monoisotopic (exact) mass is 236 g/mol. The third-order valence-corrected chi connectivity index (χ3v) is 3.41. The van der Waals surface area contributed by atoms with Gasteiger partial charge in [-0.2, -0.15) is 0 Å². The lowest BCUT2D eigenvalue weighted by atomic mass is 9.94. The molecule has 1 heterocycles. The van der Waals surface area contributed by atoms with E-state index in [1.54, 1.807) is 7.11 Å². The summed E-state index contributed by atoms with van der Waals surface area (Å²) in [7, 11) is 1.68. The maximum absolute atomic E-state index is 10.2. The molecular formula is C14H20O3. The van der Waals surface area contributed by atoms with E-state index in [0.717, 1.165) is 18.6 Å². The van der Waals surface area contributed by atoms with Crippen molar-refractivity contribution < 1.29 is 14.6 Å². The van der Waals surface area contributed by atoms with Crippen molar-refractivity contribution in [3.05, 3.63) is 29.8 Å². The Bertz CT molecular complexity index is 339. The van der Waals surface area contributed by atoms with E-state index in [0.29, 0.717) is 6.61 Å². The van der Waals surface area contributed by atoms with Gasteiger partial charge in [-0.3, -0.25) is 0 Å². The first-order valence-electron chi connectivity index (χ1n) is 6.14. The number of benzene rings is 1. The van der Waals surface area contributed by atoms with Crippen LogP contribution in [0.3, 0.4) is 0 Å². The Morgan fingerprint density at radius 3 is 2.94 bits per heavy atom. The molecule has 0 saturated carbocycles. The first kappa shape index (κ1) is 12.4. The van der Waals surface area contributed by atoms with E-state index in [-0.39, 0.29) is 12.0 Å². The summed E-state index contributed by atoms with van der Waals surface area (Å²) in [6.07, 6.45) is 1.11. The lowest BCUT2D eigenvalue weighted by Crippen LogP contribution is -2.36. The number of hydrogen-bond acceptors (Lipinski definition) is 3. The minimum Gasteiger partial charge on any atom is -0.487 e. The van der Waals surface area contributed by atoms with Crippen molar-refractivity contribution in [3.63, 3.8) is 0 Å². The molecule has 0 radical (unpaired) electrons. The number of ether oxygens (including phenoxy) is 2. The molecule has 0 bridgehead atoms. The van der Waals surface area contributed by atoms with Crippen molar-refractivity contribution in [1.29, 1.82) is 0 Å². The van der Waals surface area contributed by atoms with Crippen LogP contribution in [0.4, 0.5) is 0 Å². The molecule has 0 saturated heterocycles. The Hall–Kier alpha value is -1.06. The number of rotatable bonds is 5. The summed E-state index contributed by atoms with van der Waals surface area (Å²) >= 11 is 0. The highest BCUT2D eigenvalue weighted by Crippen LogP contribution is 2.31. The smallest absolute Gasteiger partial charge is 0.129 e. The largest absolute Gasteiger partial charge is 0.487 e. The molecule has 94 valence electrons. The van der Waals surface area contributed by atoms with E-state index in [9.17, 15) is 5.11 Å². The molecule has 1 aromatic rings. The fourth-order valence-corrected chi connectivity index (χ4v) is 2.24. The van der Waals surface area contributed by atoms with Gasteiger partial charge in [0.15, 0.2) is 0 Å². The van der Waals surface area contributed by atoms with E-state index in [1.807, 2.05) is 25.1 Å². The van der Waals surface area contributed by atoms with E-state index in [4.69, 9.17) is 9.47 Å². The average Bonchev–Trinajstić information content (AvgIpc) is 2.78. The van der Waals surface area contributed by atoms with Gasteiger partial charge in [-0.15, -0.1) is 0 Å². The van der Waals surface area contributed by atoms with E-state index in [2.05, 4.69) is 6.07 Å². The van der Waals surface area contributed by atoms with Crippen LogP contribution in [-0.2, 0) is 11.2 Å². The van der Waals surface area contributed by atoms with Crippen LogP contribution in [0, 0.1) is 5.92 Å². The van der Waals surface area contributed by atoms with Gasteiger partial charge in [0, 0.05) is 20.1 Å². The normalized spacial score (nSPS) is 21.7. The minimum absolute atomic E-state index is 0.112. The molecule has 1 aliphatic heterocycles. The Morgan fingerprint density at radius 1 is 1.47 bits per heavy atom. The fourth-order valence-electron chi connectivity index (χ4n) is 2.24. The Morgan fingerprint density at radius 2 is 2.24 bits per heavy atom. The lowest BCUT2D eigenvalue weighted by Gasteiger charge is -2.23. The Labute approximate surface area is 102 Å². The van der Waals surface area contributed by atoms with Crippen molar-refractivity contribution >= 4 is 0 Å². The summed E-state index contributed by atoms with van der Waals surface area (Å²) in [5.74, 6) is 1.10. The summed E-state index contributed by atoms with van der Waals surface area (Å²) in [4.78, 5) is 0. The topological polar surface area (TPSA) is 38.7 Å². The molecular weight excluding hydrogens is 216 g/mol. The van der Waals surface area contributed by atoms with Gasteiger partial charge in [0.2, 0.25) is 0 Å². The van der Waals surface area contributed by atoms with Crippen LogP contribution in [-0.4, -0.2) is 31.0 Å². The zero-order valence-electron chi connectivity index (χ0n) is 10.4. The highest BCUT2D eigenvalue weighted by Gasteiger charge is 2.31. The standard InChI is InChI=1S/C14H20O3/c1-10(7-8-16-2)14(15)13-9-11-5-3-4-6-12(11)17-13/h3-6,10,13-15H,7-9H2,1-2H3. The van der Waals surface area contributed by atoms with Gasteiger partial charge >= 0.3 is 0 Å². The Kier molecular flexibility index (Phi) is 4.02. The summed E-state index contributed by atoms with van der Waals surface area (Å²) in [6.45, 7) is 2.72. The second kappa shape index (κ2) is 5.52. The Balaban J connectivity index is 1.93. The molecule has 3 nitrogen and oxygen atoms in total. The third kappa shape index (κ3) is 2.79. The van der Waals surface area contributed by atoms with Gasteiger partial charge in [0.25, 0.3) is 0 Å². The van der Waals surface area contributed by atoms with Crippen LogP contribution in [0.25, 0.3) is 0 Å². The van der Waals surface area contributed by atoms with Gasteiger partial charge in [0.1, 0.15) is 11.9 Å². The SMILES string of the molecule is COCCC(C)C(O)C1Cc2ccccc2O1. The molecule has 17 heavy (non-hydrogen) atoms. The number of para-hydroxylation sites is 1. The first-order valence-corrected chi connectivity index (χ1v) is 6.14. The van der Waals surface area contributed by atoms with Gasteiger partial charge in [-0.05, 0) is 24.0 Å². The lowest BCUT2D eigenvalue weighted by molar-refractivity contribution is 0.00387. The van der Waals surface area contributed by atoms with Crippen molar-refractivity contribution in [2.24, 2.45) is 5.92 Å². The predicted octanol–water partition coefficient (Wildman–Crippen LogP) is 2.02. The van der Waals surface area contributed by atoms with Crippen LogP contribution >= 0.6 is 0 Å². The average molecular weight is 236 g/mol. The first-order chi connectivity index (χ1) is 8.22. The molecule has 0 aromatic heterocycles. The highest BCUT2D eigenvalue weighted by molar-refractivity contribution is 5.37. The van der Waals surface area contributed by atoms with Crippen molar-refractivity contribution in [2.45, 2.75) is 32.0 Å². The molecule has 0 aliphatic carbocycles. The number of hydrogen-bond donors (Lipinski definition) is 1. The molecule has 0 amide bonds. The van der Waals surface area contributed by atoms with Gasteiger partial charge < -0.3 is 14.6 Å². The molecule has 2 rings (SSSR count). The molecule has 0 spiro atoms. The summed E-state index contributed by atoms with van der Waals surface area (Å²) < 4.78 is 10.8. The van der Waals surface area contributed by atoms with E-state index < -0.39 is 6.10 Å². The molecule has 1 aromatic carbocycles. The molecule has 0 fully saturated rings. The number of fused-ring (bicyclic) bond motifs is 1. The zero-order chi connectivity index (χ0) is 12.3. The third-order valence-electron chi connectivity index (χ3n) is 3.41. The molecule has 1 N–H and O–H groups in total. The zero-order valence-corrected chi connectivity index (χ0v) is 10.4. The number of aliphatic hydroxyl groups excluding tert-OH is 1. The van der Waals surface area contributed by atoms with Gasteiger partial charge in [-0.1, -0.05) is 25.1 Å². The van der Waals surface area contributed by atoms with Gasteiger partial charge in [0.05, 0.1) is 6.10 Å². The summed E-state index contributed by atoms with van der Waals surface area (Å²) in [5, 5.41) is 10.2. The molecule has 3 atom stereocenters. The maximum atomic E-state index is 10.2. The second-order valence-electron chi connectivity index (χ2n) is 4.72. The van der Waals surface area contributed by atoms with Crippen molar-refractivity contribution in [3.8, 4) is 5.75 Å². The van der Waals surface area contributed by atoms with Crippen LogP contribution in [0.15, 0.2) is 24.3 Å². The number of methoxy groups -OCH3 is 1. The van der Waals surface area contributed by atoms with Crippen LogP contribution in [0.5, 0.6) is 5.75 Å². The minimum atomic E-state index is -0.433. The van der Waals surface area contributed by atoms with E-state index >= 15 is 0 Å². The highest BCUT2D eigenvalue weighted by atomic mass is 16.5. The van der Waals surface area contributed by atoms with Crippen LogP contribution < -0.4 is 4.74 Å². The quantitative estimate of drug-likeness (QED) is 0.850. The van der Waals surface area contributed by atoms with Crippen molar-refractivity contribution in [2.75, 3.05) is 13.7 Å². The van der Waals surface area contributed by atoms with Gasteiger partial charge in [-0.25, -0.2) is 0 Å².